The van der Waals surface area contributed by atoms with Gasteiger partial charge < -0.3 is 14.2 Å². The van der Waals surface area contributed by atoms with Crippen LogP contribution < -0.4 is 4.90 Å². The molecule has 8 nitrogen and oxygen atoms in total. The number of imide groups is 1. The third kappa shape index (κ3) is 2.75. The summed E-state index contributed by atoms with van der Waals surface area (Å²) in [7, 11) is 0. The number of halogens is 1. The number of rotatable bonds is 4. The summed E-state index contributed by atoms with van der Waals surface area (Å²) >= 11 is 3.38. The number of esters is 2. The van der Waals surface area contributed by atoms with E-state index in [1.165, 1.54) is 0 Å². The van der Waals surface area contributed by atoms with Crippen molar-refractivity contribution in [3.63, 3.8) is 0 Å². The second kappa shape index (κ2) is 6.50. The fourth-order valence-corrected chi connectivity index (χ4v) is 4.90. The van der Waals surface area contributed by atoms with E-state index in [9.17, 15) is 19.2 Å². The van der Waals surface area contributed by atoms with Gasteiger partial charge >= 0.3 is 11.9 Å². The Kier molecular flexibility index (Phi) is 4.43. The van der Waals surface area contributed by atoms with Crippen LogP contribution in [-0.2, 0) is 33.4 Å². The Hall–Kier alpha value is -2.52. The highest BCUT2D eigenvalue weighted by Crippen LogP contribution is 2.59. The lowest BCUT2D eigenvalue weighted by Gasteiger charge is -2.34. The zero-order chi connectivity index (χ0) is 21.1. The molecule has 1 aromatic rings. The van der Waals surface area contributed by atoms with E-state index in [1.54, 1.807) is 43.3 Å². The summed E-state index contributed by atoms with van der Waals surface area (Å²) < 4.78 is 17.1. The maximum atomic E-state index is 13.5. The van der Waals surface area contributed by atoms with Gasteiger partial charge in [-0.15, -0.1) is 0 Å². The summed E-state index contributed by atoms with van der Waals surface area (Å²) in [5.41, 5.74) is -2.28. The van der Waals surface area contributed by atoms with E-state index in [0.29, 0.717) is 10.2 Å². The number of ether oxygens (including phenoxy) is 3. The highest BCUT2D eigenvalue weighted by Gasteiger charge is 2.76. The normalized spacial score (nSPS) is 32.1. The van der Waals surface area contributed by atoms with E-state index in [4.69, 9.17) is 14.2 Å². The van der Waals surface area contributed by atoms with E-state index < -0.39 is 53.1 Å². The number of nitrogens with zero attached hydrogens (tertiary/aromatic N) is 1. The van der Waals surface area contributed by atoms with Gasteiger partial charge in [0.2, 0.25) is 11.8 Å². The van der Waals surface area contributed by atoms with Crippen LogP contribution in [0.3, 0.4) is 0 Å². The molecule has 2 saturated heterocycles. The van der Waals surface area contributed by atoms with Crippen molar-refractivity contribution in [3.8, 4) is 0 Å². The summed E-state index contributed by atoms with van der Waals surface area (Å²) in [5, 5.41) is 0. The van der Waals surface area contributed by atoms with Crippen LogP contribution in [0.25, 0.3) is 0 Å². The van der Waals surface area contributed by atoms with Gasteiger partial charge in [-0.25, -0.2) is 4.90 Å². The molecule has 2 fully saturated rings. The Balaban J connectivity index is 1.81. The minimum atomic E-state index is -1.58. The average molecular weight is 464 g/mol. The molecule has 0 saturated carbocycles. The van der Waals surface area contributed by atoms with Crippen molar-refractivity contribution < 1.29 is 33.4 Å². The molecule has 3 aliphatic rings. The molecule has 152 valence electrons. The molecule has 0 spiro atoms. The molecule has 4 atom stereocenters. The molecule has 0 aromatic heterocycles. The van der Waals surface area contributed by atoms with Crippen molar-refractivity contribution in [3.05, 3.63) is 40.9 Å². The minimum Gasteiger partial charge on any atom is -0.422 e. The van der Waals surface area contributed by atoms with Crippen molar-refractivity contribution in [2.45, 2.75) is 38.3 Å². The van der Waals surface area contributed by atoms with Crippen molar-refractivity contribution in [2.24, 2.45) is 11.8 Å². The number of hydrogen-bond acceptors (Lipinski definition) is 7. The molecule has 0 unspecified atom stereocenters. The predicted octanol–water partition coefficient (Wildman–Crippen LogP) is 2.10. The molecule has 3 heterocycles. The van der Waals surface area contributed by atoms with Crippen molar-refractivity contribution in [1.82, 2.24) is 0 Å². The molecule has 1 aromatic carbocycles. The van der Waals surface area contributed by atoms with E-state index in [-0.39, 0.29) is 0 Å². The predicted molar refractivity (Wildman–Crippen MR) is 102 cm³/mol. The van der Waals surface area contributed by atoms with Gasteiger partial charge in [0, 0.05) is 18.3 Å². The Morgan fingerprint density at radius 3 is 2.24 bits per heavy atom. The molecule has 0 radical (unpaired) electrons. The van der Waals surface area contributed by atoms with Gasteiger partial charge in [-0.3, -0.25) is 19.2 Å². The van der Waals surface area contributed by atoms with Crippen LogP contribution in [0.5, 0.6) is 0 Å². The third-order valence-electron chi connectivity index (χ3n) is 5.49. The lowest BCUT2D eigenvalue weighted by Crippen LogP contribution is -2.52. The molecule has 9 heteroatoms. The number of hydrogen-bond donors (Lipinski definition) is 0. The monoisotopic (exact) mass is 463 g/mol. The highest BCUT2D eigenvalue weighted by molar-refractivity contribution is 9.10. The summed E-state index contributed by atoms with van der Waals surface area (Å²) in [5.74, 6) is -4.21. The zero-order valence-corrected chi connectivity index (χ0v) is 17.5. The summed E-state index contributed by atoms with van der Waals surface area (Å²) in [6, 6.07) is 6.87. The number of carbonyl (C=O) groups excluding carboxylic acids is 4. The van der Waals surface area contributed by atoms with Gasteiger partial charge in [0.1, 0.15) is 0 Å². The number of para-hydroxylation sites is 1. The fraction of sp³-hybridized carbons (Fsp3) is 0.400. The molecular formula is C20H18BrNO7. The number of carbonyl (C=O) groups is 4. The Morgan fingerprint density at radius 2 is 1.66 bits per heavy atom. The van der Waals surface area contributed by atoms with Crippen LogP contribution >= 0.6 is 15.9 Å². The summed E-state index contributed by atoms with van der Waals surface area (Å²) in [6.45, 7) is 4.00. The Labute approximate surface area is 174 Å². The molecular weight excluding hydrogens is 446 g/mol. The van der Waals surface area contributed by atoms with Crippen LogP contribution in [0.4, 0.5) is 5.69 Å². The molecule has 2 amide bonds. The molecule has 29 heavy (non-hydrogen) atoms. The van der Waals surface area contributed by atoms with Crippen LogP contribution in [-0.4, -0.2) is 41.2 Å². The fourth-order valence-electron chi connectivity index (χ4n) is 4.43. The van der Waals surface area contributed by atoms with Gasteiger partial charge in [0.05, 0.1) is 23.1 Å². The average Bonchev–Trinajstić information content (AvgIpc) is 3.21. The van der Waals surface area contributed by atoms with Crippen LogP contribution in [0.2, 0.25) is 0 Å². The summed E-state index contributed by atoms with van der Waals surface area (Å²) in [4.78, 5) is 51.2. The Morgan fingerprint density at radius 1 is 1.07 bits per heavy atom. The quantitative estimate of drug-likeness (QED) is 0.291. The van der Waals surface area contributed by atoms with Crippen LogP contribution in [0, 0.1) is 11.8 Å². The molecule has 4 rings (SSSR count). The van der Waals surface area contributed by atoms with Crippen molar-refractivity contribution in [1.29, 1.82) is 0 Å². The van der Waals surface area contributed by atoms with Gasteiger partial charge in [-0.1, -0.05) is 18.2 Å². The first-order valence-corrected chi connectivity index (χ1v) is 9.77. The number of anilines is 1. The van der Waals surface area contributed by atoms with E-state index in [1.807, 2.05) is 0 Å². The van der Waals surface area contributed by atoms with E-state index in [0.717, 1.165) is 18.7 Å². The van der Waals surface area contributed by atoms with Crippen molar-refractivity contribution in [2.75, 3.05) is 4.90 Å². The van der Waals surface area contributed by atoms with Gasteiger partial charge in [-0.05, 0) is 41.1 Å². The lowest BCUT2D eigenvalue weighted by atomic mass is 9.72. The smallest absolute Gasteiger partial charge is 0.305 e. The van der Waals surface area contributed by atoms with Gasteiger partial charge in [-0.2, -0.15) is 0 Å². The van der Waals surface area contributed by atoms with Gasteiger partial charge in [0.25, 0.3) is 6.29 Å². The first kappa shape index (κ1) is 19.8. The van der Waals surface area contributed by atoms with Crippen LogP contribution in [0.1, 0.15) is 20.8 Å². The number of amides is 2. The number of fused-ring (bicyclic) bond motifs is 5. The SMILES string of the molecule is CC(=O)OC(OC(C)=O)[C@@]12C=C[C@@](C)(O1)[C@@H]1C(=O)N(c3ccccc3Br)C(=O)[C@@H]12. The standard InChI is InChI=1S/C20H18BrNO7/c1-10(23)27-18(28-11(2)24)20-9-8-19(3,29-20)14-15(20)17(26)22(16(14)25)13-7-5-4-6-12(13)21/h4-9,14-15,18H,1-3H3/t14-,15+,19+,20-/m0/s1. The largest absolute Gasteiger partial charge is 0.422 e. The Bertz CT molecular complexity index is 959. The first-order valence-electron chi connectivity index (χ1n) is 8.98. The third-order valence-corrected chi connectivity index (χ3v) is 6.16. The maximum Gasteiger partial charge on any atom is 0.305 e. The topological polar surface area (TPSA) is 99.2 Å². The van der Waals surface area contributed by atoms with E-state index >= 15 is 0 Å². The maximum absolute atomic E-state index is 13.5. The summed E-state index contributed by atoms with van der Waals surface area (Å²) in [6.07, 6.45) is 1.71. The highest BCUT2D eigenvalue weighted by atomic mass is 79.9. The van der Waals surface area contributed by atoms with Crippen molar-refractivity contribution >= 4 is 45.4 Å². The molecule has 2 bridgehead atoms. The minimum absolute atomic E-state index is 0.409. The van der Waals surface area contributed by atoms with Gasteiger partial charge in [0.15, 0.2) is 5.60 Å². The number of benzene rings is 1. The molecule has 3 aliphatic heterocycles. The second-order valence-electron chi connectivity index (χ2n) is 7.44. The first-order chi connectivity index (χ1) is 13.6. The van der Waals surface area contributed by atoms with E-state index in [2.05, 4.69) is 15.9 Å². The lowest BCUT2D eigenvalue weighted by molar-refractivity contribution is -0.231. The van der Waals surface area contributed by atoms with Crippen LogP contribution in [0.15, 0.2) is 40.9 Å². The molecule has 0 N–H and O–H groups in total. The second-order valence-corrected chi connectivity index (χ2v) is 8.30. The molecule has 0 aliphatic carbocycles. The zero-order valence-electron chi connectivity index (χ0n) is 15.9.